The zero-order chi connectivity index (χ0) is 24.3. The van der Waals surface area contributed by atoms with Gasteiger partial charge >= 0.3 is 5.69 Å². The fourth-order valence-corrected chi connectivity index (χ4v) is 3.94. The van der Waals surface area contributed by atoms with Crippen molar-refractivity contribution in [3.63, 3.8) is 0 Å². The summed E-state index contributed by atoms with van der Waals surface area (Å²) in [6.07, 6.45) is 1.46. The molecule has 0 saturated carbocycles. The Morgan fingerprint density at radius 3 is 2.61 bits per heavy atom. The maximum Gasteiger partial charge on any atom is 0.330 e. The van der Waals surface area contributed by atoms with Crippen LogP contribution in [0.4, 0.5) is 17.2 Å². The Balaban J connectivity index is 1.90. The molecule has 11 nitrogen and oxygen atoms in total. The van der Waals surface area contributed by atoms with Crippen LogP contribution in [0.5, 0.6) is 11.5 Å². The third kappa shape index (κ3) is 4.57. The minimum absolute atomic E-state index is 0.0448. The molecule has 11 heteroatoms. The summed E-state index contributed by atoms with van der Waals surface area (Å²) in [5.74, 6) is -0.501. The van der Waals surface area contributed by atoms with Gasteiger partial charge in [-0.1, -0.05) is 13.3 Å². The van der Waals surface area contributed by atoms with Gasteiger partial charge in [-0.3, -0.25) is 23.9 Å². The van der Waals surface area contributed by atoms with Gasteiger partial charge in [0, 0.05) is 32.6 Å². The highest BCUT2D eigenvalue weighted by Crippen LogP contribution is 2.36. The molecule has 1 aromatic carbocycles. The van der Waals surface area contributed by atoms with Crippen molar-refractivity contribution in [2.75, 3.05) is 43.3 Å². The zero-order valence-corrected chi connectivity index (χ0v) is 19.2. The number of hydrogen-bond acceptors (Lipinski definition) is 7. The average Bonchev–Trinajstić information content (AvgIpc) is 3.18. The van der Waals surface area contributed by atoms with Crippen LogP contribution >= 0.6 is 0 Å². The average molecular weight is 460 g/mol. The number of aromatic nitrogens is 2. The molecule has 1 atom stereocenters. The third-order valence-electron chi connectivity index (χ3n) is 5.77. The van der Waals surface area contributed by atoms with Gasteiger partial charge in [-0.25, -0.2) is 4.79 Å². The lowest BCUT2D eigenvalue weighted by atomic mass is 10.1. The van der Waals surface area contributed by atoms with Gasteiger partial charge in [-0.2, -0.15) is 0 Å². The van der Waals surface area contributed by atoms with Crippen LogP contribution in [0.15, 0.2) is 27.8 Å². The molecule has 3 N–H and O–H groups in total. The summed E-state index contributed by atoms with van der Waals surface area (Å²) >= 11 is 0. The molecule has 0 radical (unpaired) electrons. The first-order valence-electron chi connectivity index (χ1n) is 10.7. The maximum absolute atomic E-state index is 13.3. The normalized spacial score (nSPS) is 15.6. The monoisotopic (exact) mass is 459 g/mol. The van der Waals surface area contributed by atoms with Crippen molar-refractivity contribution in [1.29, 1.82) is 0 Å². The van der Waals surface area contributed by atoms with E-state index in [9.17, 15) is 19.2 Å². The molecule has 0 aliphatic carbocycles. The summed E-state index contributed by atoms with van der Waals surface area (Å²) in [6.45, 7) is 2.38. The molecule has 0 bridgehead atoms. The molecule has 0 spiro atoms. The Hall–Kier alpha value is -3.76. The second kappa shape index (κ2) is 9.80. The number of benzene rings is 1. The van der Waals surface area contributed by atoms with Crippen molar-refractivity contribution < 1.29 is 19.1 Å². The topological polar surface area (TPSA) is 140 Å². The Morgan fingerprint density at radius 2 is 1.97 bits per heavy atom. The van der Waals surface area contributed by atoms with Crippen molar-refractivity contribution in [3.8, 4) is 11.5 Å². The number of carbonyl (C=O) groups excluding carboxylic acids is 2. The molecule has 1 aliphatic heterocycles. The molecular weight excluding hydrogens is 430 g/mol. The number of hydrogen-bond donors (Lipinski definition) is 2. The first-order valence-corrected chi connectivity index (χ1v) is 10.7. The number of H-pyrrole nitrogens is 1. The number of methoxy groups -OCH3 is 2. The number of aromatic amines is 1. The zero-order valence-electron chi connectivity index (χ0n) is 19.2. The summed E-state index contributed by atoms with van der Waals surface area (Å²) in [5.41, 5.74) is 5.13. The number of nitrogens with zero attached hydrogens (tertiary/aromatic N) is 3. The number of nitrogens with one attached hydrogen (secondary N) is 1. The summed E-state index contributed by atoms with van der Waals surface area (Å²) < 4.78 is 11.9. The number of amides is 2. The van der Waals surface area contributed by atoms with Crippen LogP contribution in [0.2, 0.25) is 0 Å². The highest BCUT2D eigenvalue weighted by atomic mass is 16.5. The molecular formula is C22H29N5O6. The molecule has 1 fully saturated rings. The number of carbonyl (C=O) groups is 2. The largest absolute Gasteiger partial charge is 0.497 e. The molecule has 3 rings (SSSR count). The van der Waals surface area contributed by atoms with Crippen LogP contribution in [-0.2, 0) is 16.1 Å². The lowest BCUT2D eigenvalue weighted by Crippen LogP contribution is -2.42. The highest BCUT2D eigenvalue weighted by Gasteiger charge is 2.39. The smallest absolute Gasteiger partial charge is 0.330 e. The number of ether oxygens (including phenoxy) is 2. The number of rotatable bonds is 8. The van der Waals surface area contributed by atoms with E-state index in [1.54, 1.807) is 18.2 Å². The maximum atomic E-state index is 13.3. The van der Waals surface area contributed by atoms with Gasteiger partial charge in [0.2, 0.25) is 11.8 Å². The SMILES string of the molecule is CCCCn1c(N)c(N(C)C(=O)C2CC(=O)N(c3cc(OC)ccc3OC)C2)c(=O)[nH]c1=O. The van der Waals surface area contributed by atoms with Crippen molar-refractivity contribution in [1.82, 2.24) is 9.55 Å². The van der Waals surface area contributed by atoms with Crippen molar-refractivity contribution in [2.24, 2.45) is 5.92 Å². The van der Waals surface area contributed by atoms with E-state index in [1.807, 2.05) is 6.92 Å². The van der Waals surface area contributed by atoms with Gasteiger partial charge in [-0.15, -0.1) is 0 Å². The van der Waals surface area contributed by atoms with Gasteiger partial charge in [-0.05, 0) is 18.6 Å². The Labute approximate surface area is 190 Å². The Morgan fingerprint density at radius 1 is 1.24 bits per heavy atom. The summed E-state index contributed by atoms with van der Waals surface area (Å²) in [7, 11) is 4.42. The summed E-state index contributed by atoms with van der Waals surface area (Å²) in [4.78, 5) is 55.5. The Kier molecular flexibility index (Phi) is 7.10. The minimum Gasteiger partial charge on any atom is -0.497 e. The molecule has 2 heterocycles. The van der Waals surface area contributed by atoms with Gasteiger partial charge in [0.15, 0.2) is 5.69 Å². The second-order valence-corrected chi connectivity index (χ2v) is 7.84. The van der Waals surface area contributed by atoms with Gasteiger partial charge in [0.1, 0.15) is 17.3 Å². The number of anilines is 3. The van der Waals surface area contributed by atoms with E-state index >= 15 is 0 Å². The minimum atomic E-state index is -0.753. The van der Waals surface area contributed by atoms with Gasteiger partial charge < -0.3 is 25.0 Å². The number of nitrogens with two attached hydrogens (primary N) is 1. The number of unbranched alkanes of at least 4 members (excludes halogenated alkanes) is 1. The quantitative estimate of drug-likeness (QED) is 0.599. The second-order valence-electron chi connectivity index (χ2n) is 7.84. The van der Waals surface area contributed by atoms with Gasteiger partial charge in [0.25, 0.3) is 5.56 Å². The van der Waals surface area contributed by atoms with Crippen molar-refractivity contribution >= 4 is 29.0 Å². The summed E-state index contributed by atoms with van der Waals surface area (Å²) in [5, 5.41) is 0. The van der Waals surface area contributed by atoms with E-state index < -0.39 is 23.1 Å². The first-order chi connectivity index (χ1) is 15.7. The van der Waals surface area contributed by atoms with E-state index in [0.29, 0.717) is 30.2 Å². The first kappa shape index (κ1) is 23.9. The highest BCUT2D eigenvalue weighted by molar-refractivity contribution is 6.05. The van der Waals surface area contributed by atoms with Crippen LogP contribution in [0.25, 0.3) is 0 Å². The predicted octanol–water partition coefficient (Wildman–Crippen LogP) is 0.952. The lowest BCUT2D eigenvalue weighted by Gasteiger charge is -2.23. The standard InChI is InChI=1S/C22H29N5O6/c1-5-6-9-26-19(23)18(20(29)24-22(26)31)25(2)21(30)13-10-17(28)27(12-13)15-11-14(32-3)7-8-16(15)33-4/h7-8,11,13H,5-6,9-10,12,23H2,1-4H3,(H,24,29,31). The molecule has 1 unspecified atom stereocenters. The number of nitrogen functional groups attached to an aromatic ring is 1. The fraction of sp³-hybridized carbons (Fsp3) is 0.455. The van der Waals surface area contributed by atoms with Crippen molar-refractivity contribution in [2.45, 2.75) is 32.7 Å². The fourth-order valence-electron chi connectivity index (χ4n) is 3.94. The summed E-state index contributed by atoms with van der Waals surface area (Å²) in [6, 6.07) is 5.06. The third-order valence-corrected chi connectivity index (χ3v) is 5.77. The van der Waals surface area contributed by atoms with Crippen LogP contribution in [0, 0.1) is 5.92 Å². The van der Waals surface area contributed by atoms with Crippen molar-refractivity contribution in [3.05, 3.63) is 39.0 Å². The van der Waals surface area contributed by atoms with E-state index in [0.717, 1.165) is 11.3 Å². The van der Waals surface area contributed by atoms with Crippen LogP contribution in [0.1, 0.15) is 26.2 Å². The molecule has 178 valence electrons. The molecule has 1 aromatic heterocycles. The molecule has 33 heavy (non-hydrogen) atoms. The lowest BCUT2D eigenvalue weighted by molar-refractivity contribution is -0.124. The van der Waals surface area contributed by atoms with Gasteiger partial charge in [0.05, 0.1) is 25.8 Å². The molecule has 1 aliphatic rings. The van der Waals surface area contributed by atoms with E-state index in [2.05, 4.69) is 4.98 Å². The van der Waals surface area contributed by atoms with Crippen LogP contribution in [0.3, 0.4) is 0 Å². The van der Waals surface area contributed by atoms with E-state index in [-0.39, 0.29) is 30.4 Å². The van der Waals surface area contributed by atoms with E-state index in [4.69, 9.17) is 15.2 Å². The Bertz CT molecular complexity index is 1170. The molecule has 1 saturated heterocycles. The molecule has 2 aromatic rings. The van der Waals surface area contributed by atoms with Crippen LogP contribution < -0.4 is 36.3 Å². The predicted molar refractivity (Wildman–Crippen MR) is 124 cm³/mol. The van der Waals surface area contributed by atoms with E-state index in [1.165, 1.54) is 30.7 Å². The molecule has 2 amide bonds. The van der Waals surface area contributed by atoms with Crippen LogP contribution in [-0.4, -0.2) is 49.2 Å².